The molecule has 113 heavy (non-hydrogen) atoms. The summed E-state index contributed by atoms with van der Waals surface area (Å²) in [6.07, 6.45) is 0.527. The number of primary amides is 2. The Kier molecular flexibility index (Phi) is 37.1. The maximum Gasteiger partial charge on any atom is 0.305 e. The van der Waals surface area contributed by atoms with Crippen LogP contribution in [0.2, 0.25) is 0 Å². The molecule has 2 unspecified atom stereocenters. The molecule has 2 aromatic carbocycles. The number of carbonyl (C=O) groups is 14. The quantitative estimate of drug-likeness (QED) is 0.0778. The molecule has 11 N–H and O–H groups in total. The Bertz CT molecular complexity index is 3640. The number of rotatable bonds is 20. The van der Waals surface area contributed by atoms with Crippen LogP contribution in [-0.4, -0.2) is 315 Å². The molecule has 620 valence electrons. The number of piperazine rings is 1. The Labute approximate surface area is 678 Å². The first kappa shape index (κ1) is 90.8. The molecule has 0 radical (unpaired) electrons. The number of carbonyl (C=O) groups excluding carboxylic acids is 13. The van der Waals surface area contributed by atoms with Gasteiger partial charge < -0.3 is 57.6 Å². The molecule has 7 heterocycles. The van der Waals surface area contributed by atoms with Gasteiger partial charge in [0.05, 0.1) is 30.4 Å². The van der Waals surface area contributed by atoms with Gasteiger partial charge in [0.2, 0.25) is 53.2 Å². The van der Waals surface area contributed by atoms with E-state index in [9.17, 15) is 77.3 Å². The number of amides is 9. The molecule has 6 bridgehead atoms. The third-order valence-corrected chi connectivity index (χ3v) is 27.4. The van der Waals surface area contributed by atoms with Gasteiger partial charge in [0.1, 0.15) is 36.0 Å². The van der Waals surface area contributed by atoms with Crippen molar-refractivity contribution in [1.82, 2.24) is 60.9 Å². The Hall–Kier alpha value is -7.71. The van der Waals surface area contributed by atoms with Crippen LogP contribution in [-0.2, 0) is 100 Å². The average molecular weight is 1720 g/mol. The maximum absolute atomic E-state index is 14.9. The minimum absolute atomic E-state index is 0.0370. The van der Waals surface area contributed by atoms with Gasteiger partial charge in [0, 0.05) is 101 Å². The van der Waals surface area contributed by atoms with Crippen molar-refractivity contribution in [3.63, 3.8) is 0 Å². The average Bonchev–Trinajstić information content (AvgIpc) is 1.68. The molecule has 0 spiro atoms. The van der Waals surface area contributed by atoms with Crippen LogP contribution in [0.15, 0.2) is 60.9 Å². The molecular formula is C77H113InN14O19S2. The minimum atomic E-state index is -3.73. The second kappa shape index (κ2) is 46.1. The normalized spacial score (nSPS) is 26.0. The minimum Gasteiger partial charge on any atom is -0.481 e. The summed E-state index contributed by atoms with van der Waals surface area (Å²) in [5.41, 5.74) is 14.3. The monoisotopic (exact) mass is 1720 g/mol. The number of nitrogens with zero attached hydrogens (tertiary/aromatic N) is 7. The van der Waals surface area contributed by atoms with Gasteiger partial charge in [-0.25, -0.2) is 0 Å². The van der Waals surface area contributed by atoms with Gasteiger partial charge in [0.25, 0.3) is 0 Å². The molecular weight excluding hydrogens is 1600 g/mol. The summed E-state index contributed by atoms with van der Waals surface area (Å²) < 4.78 is 16.6. The fraction of sp³-hybridized carbons (Fsp3) is 0.636. The second-order valence-electron chi connectivity index (χ2n) is 30.0. The van der Waals surface area contributed by atoms with E-state index in [1.807, 2.05) is 30.9 Å². The van der Waals surface area contributed by atoms with Crippen molar-refractivity contribution < 1.29 is 85.9 Å². The number of carboxylic acids is 1. The number of aliphatic hydroxyl groups excluding tert-OH is 1. The van der Waals surface area contributed by atoms with E-state index < -0.39 is 156 Å². The number of fused-ring (bicyclic) bond motifs is 11. The Morgan fingerprint density at radius 1 is 0.673 bits per heavy atom. The summed E-state index contributed by atoms with van der Waals surface area (Å²) in [5, 5.41) is 34.3. The number of Topliss-reactive ketones (excluding diaryl/α,β-unsaturated/α-hetero) is 2. The van der Waals surface area contributed by atoms with Gasteiger partial charge >= 0.3 is 163 Å². The van der Waals surface area contributed by atoms with Crippen LogP contribution in [0, 0.1) is 11.8 Å². The van der Waals surface area contributed by atoms with Crippen molar-refractivity contribution >= 4 is 129 Å². The Morgan fingerprint density at radius 2 is 1.27 bits per heavy atom. The fourth-order valence-electron chi connectivity index (χ4n) is 14.8. The van der Waals surface area contributed by atoms with Gasteiger partial charge in [-0.15, -0.1) is 0 Å². The van der Waals surface area contributed by atoms with Gasteiger partial charge in [-0.2, -0.15) is 23.5 Å². The van der Waals surface area contributed by atoms with Crippen molar-refractivity contribution in [3.8, 4) is 0 Å². The number of carboxylic acid groups (broad SMARTS) is 1. The summed E-state index contributed by atoms with van der Waals surface area (Å²) in [5.74, 6) is -9.97. The van der Waals surface area contributed by atoms with Gasteiger partial charge in [-0.05, 0) is 74.1 Å². The number of aliphatic hydroxyl groups is 1. The van der Waals surface area contributed by atoms with Crippen molar-refractivity contribution in [1.29, 1.82) is 0 Å². The second-order valence-corrected chi connectivity index (χ2v) is 35.7. The zero-order valence-electron chi connectivity index (χ0n) is 65.2. The molecule has 9 rings (SSSR count). The molecule has 0 saturated carbocycles. The smallest absolute Gasteiger partial charge is 0.305 e. The molecule has 7 aliphatic heterocycles. The number of thioether (sulfide) groups is 2. The largest absolute Gasteiger partial charge is 0.481 e. The molecule has 9 amide bonds. The summed E-state index contributed by atoms with van der Waals surface area (Å²) in [6, 6.07) is 6.26. The SMILES string of the molecule is C=C1CN2CCN3CCNCCN(CC2)CC(=O)[O][In]([O]1)[O]C(=O)C3.CCCCCC(=O)C[C@H]1CSCc2cc(cc(CN3CCN(C(=O)CC)CC3)c2)CSC[C@@H](C(=O)N[C@@H](CC(=O)O)C(N)=O)CC(=O)[C@H](Cc2ccccc2)NC(=O)[C@H](CCC(N)=O)NC(=O)[C@H]([C@@H](C)O)NC(=O)[C@@H]2CCCN2C(=O)[C@@H]2CCCN2C1=O. The van der Waals surface area contributed by atoms with Crippen LogP contribution in [0.1, 0.15) is 133 Å². The Balaban J connectivity index is 0.000000537. The standard InChI is InChI=1S/C62H88N10O14S2.C15H28N4O5.In/c1-4-6-8-15-45(74)30-44-37-88-35-42-27-40(33-69-22-24-70(25-23-69)53(77)5-2)26-41(28-42)34-87-36-43(57(81)67-48(56(64)80)32-54(78)79)31-51(75)47(29-39-13-9-7-10-14-39)66-58(82)46(18-19-52(63)76)65-60(84)55(38(3)73)68-59(83)49-16-11-20-71(49)62(86)50-17-12-21-72(50)61(44)85;1-13(20)10-19-8-6-17(11-14(21)22)4-2-16-3-5-18(7-9-19)12-15(23)24;/h7,9-10,13-14,26-28,38,43-44,46-50,55,73H,4-6,8,11-12,15-25,29-37H2,1-3H3,(H2,63,76)(H2,64,80)(H,65,84)(H,66,82)(H,67,81)(H,68,83)(H,78,79);16,20H,1-12H2,(H,21,22)(H,23,24);/q;;+3/p-3/t38-,43+,44+,46+,47+,48+,49+,50+,55+;;/m1../s1. The van der Waals surface area contributed by atoms with Crippen molar-refractivity contribution in [2.24, 2.45) is 23.3 Å². The predicted molar refractivity (Wildman–Crippen MR) is 421 cm³/mol. The molecule has 11 atom stereocenters. The van der Waals surface area contributed by atoms with Crippen molar-refractivity contribution in [2.75, 3.05) is 123 Å². The van der Waals surface area contributed by atoms with Gasteiger partial charge in [-0.3, -0.25) is 62.4 Å². The van der Waals surface area contributed by atoms with E-state index in [4.69, 9.17) is 20.0 Å². The van der Waals surface area contributed by atoms with E-state index in [1.54, 1.807) is 30.3 Å². The van der Waals surface area contributed by atoms with Crippen LogP contribution in [0.3, 0.4) is 0 Å². The zero-order chi connectivity index (χ0) is 81.7. The van der Waals surface area contributed by atoms with Crippen LogP contribution >= 0.6 is 23.5 Å². The third-order valence-electron chi connectivity index (χ3n) is 21.0. The summed E-state index contributed by atoms with van der Waals surface area (Å²) in [7, 11) is 0. The molecule has 0 aliphatic carbocycles. The van der Waals surface area contributed by atoms with Crippen molar-refractivity contribution in [2.45, 2.75) is 177 Å². The first-order valence-electron chi connectivity index (χ1n) is 39.4. The summed E-state index contributed by atoms with van der Waals surface area (Å²) in [6.45, 7) is 19.6. The van der Waals surface area contributed by atoms with E-state index >= 15 is 0 Å². The molecule has 6 saturated heterocycles. The van der Waals surface area contributed by atoms with Gasteiger partial charge in [-0.1, -0.05) is 75.2 Å². The first-order chi connectivity index (χ1) is 54.1. The molecule has 2 aromatic rings. The number of aliphatic carboxylic acids is 1. The summed E-state index contributed by atoms with van der Waals surface area (Å²) in [4.78, 5) is 203. The van der Waals surface area contributed by atoms with Gasteiger partial charge in [0.15, 0.2) is 5.78 Å². The number of ketones is 2. The predicted octanol–water partition coefficient (Wildman–Crippen LogP) is -0.154. The third kappa shape index (κ3) is 29.5. The number of hydrogen-bond acceptors (Lipinski definition) is 25. The number of nitrogens with two attached hydrogens (primary N) is 2. The topological polar surface area (TPSA) is 442 Å². The molecule has 6 fully saturated rings. The number of benzene rings is 2. The molecule has 0 aromatic heterocycles. The number of unbranched alkanes of at least 4 members (excludes halogenated alkanes) is 2. The first-order valence-corrected chi connectivity index (χ1v) is 45.7. The Morgan fingerprint density at radius 3 is 1.87 bits per heavy atom. The van der Waals surface area contributed by atoms with Crippen LogP contribution in [0.5, 0.6) is 0 Å². The maximum atomic E-state index is 14.9. The molecule has 7 aliphatic rings. The van der Waals surface area contributed by atoms with E-state index in [0.717, 1.165) is 81.9 Å². The van der Waals surface area contributed by atoms with E-state index in [1.165, 1.54) is 40.2 Å². The van der Waals surface area contributed by atoms with Crippen molar-refractivity contribution in [3.05, 3.63) is 83.1 Å². The number of hydrogen-bond donors (Lipinski definition) is 9. The van der Waals surface area contributed by atoms with E-state index in [0.29, 0.717) is 94.9 Å². The summed E-state index contributed by atoms with van der Waals surface area (Å²) >= 11 is -0.980. The molecule has 33 nitrogen and oxygen atoms in total. The molecule has 36 heteroatoms. The van der Waals surface area contributed by atoms with Crippen LogP contribution in [0.4, 0.5) is 0 Å². The van der Waals surface area contributed by atoms with E-state index in [2.05, 4.69) is 58.8 Å². The number of nitrogens with one attached hydrogen (secondary N) is 5. The van der Waals surface area contributed by atoms with Crippen LogP contribution < -0.4 is 38.1 Å². The van der Waals surface area contributed by atoms with E-state index in [-0.39, 0.29) is 92.2 Å². The van der Waals surface area contributed by atoms with Crippen LogP contribution in [0.25, 0.3) is 0 Å². The fourth-order valence-corrected chi connectivity index (χ4v) is 20.0. The zero-order valence-corrected chi connectivity index (χ0v) is 70.1.